The number of anilines is 1. The van der Waals surface area contributed by atoms with Crippen LogP contribution in [0.5, 0.6) is 0 Å². The molecule has 0 saturated carbocycles. The fraction of sp³-hybridized carbons (Fsp3) is 0.111. The van der Waals surface area contributed by atoms with Crippen LogP contribution in [0.25, 0.3) is 16.2 Å². The predicted molar refractivity (Wildman–Crippen MR) is 106 cm³/mol. The Bertz CT molecular complexity index is 1190. The highest BCUT2D eigenvalue weighted by Crippen LogP contribution is 2.24. The Labute approximate surface area is 161 Å². The van der Waals surface area contributed by atoms with Crippen LogP contribution in [0.4, 0.5) is 5.69 Å². The third kappa shape index (κ3) is 2.84. The number of benzene rings is 1. The first-order valence-electron chi connectivity index (χ1n) is 8.26. The van der Waals surface area contributed by atoms with Gasteiger partial charge >= 0.3 is 0 Å². The number of carbonyl (C=O) groups excluding carboxylic acids is 1. The fourth-order valence-corrected chi connectivity index (χ4v) is 4.58. The van der Waals surface area contributed by atoms with Crippen molar-refractivity contribution in [1.29, 1.82) is 0 Å². The summed E-state index contributed by atoms with van der Waals surface area (Å²) >= 11 is 3.10. The number of aromatic nitrogens is 4. The molecule has 27 heavy (non-hydrogen) atoms. The van der Waals surface area contributed by atoms with E-state index >= 15 is 0 Å². The van der Waals surface area contributed by atoms with E-state index in [1.807, 2.05) is 34.3 Å². The SMILES string of the molecule is O=C(Nc1ccc(-c2cn3ccsc3n2)cc1)c1cnc2n(c1=O)CCS2. The first-order valence-corrected chi connectivity index (χ1v) is 10.1. The van der Waals surface area contributed by atoms with Gasteiger partial charge in [0.2, 0.25) is 0 Å². The van der Waals surface area contributed by atoms with E-state index in [0.29, 0.717) is 17.4 Å². The molecule has 0 spiro atoms. The number of fused-ring (bicyclic) bond motifs is 2. The molecule has 0 unspecified atom stereocenters. The van der Waals surface area contributed by atoms with Crippen molar-refractivity contribution in [1.82, 2.24) is 18.9 Å². The second-order valence-corrected chi connectivity index (χ2v) is 7.95. The minimum absolute atomic E-state index is 0.0552. The van der Waals surface area contributed by atoms with Gasteiger partial charge in [0, 0.05) is 47.5 Å². The molecule has 4 aromatic rings. The predicted octanol–water partition coefficient (Wildman–Crippen LogP) is 2.98. The number of amides is 1. The van der Waals surface area contributed by atoms with Crippen molar-refractivity contribution in [2.24, 2.45) is 0 Å². The molecule has 1 aliphatic rings. The highest BCUT2D eigenvalue weighted by atomic mass is 32.2. The van der Waals surface area contributed by atoms with Gasteiger partial charge < -0.3 is 5.32 Å². The molecule has 1 aliphatic heterocycles. The van der Waals surface area contributed by atoms with Crippen LogP contribution in [0.3, 0.4) is 0 Å². The van der Waals surface area contributed by atoms with Crippen LogP contribution in [-0.2, 0) is 6.54 Å². The smallest absolute Gasteiger partial charge is 0.267 e. The van der Waals surface area contributed by atoms with Crippen molar-refractivity contribution in [3.05, 3.63) is 64.2 Å². The van der Waals surface area contributed by atoms with E-state index in [2.05, 4.69) is 15.3 Å². The number of thiazole rings is 1. The zero-order valence-electron chi connectivity index (χ0n) is 14.0. The van der Waals surface area contributed by atoms with Crippen molar-refractivity contribution < 1.29 is 4.79 Å². The zero-order chi connectivity index (χ0) is 18.4. The Morgan fingerprint density at radius 1 is 1.22 bits per heavy atom. The van der Waals surface area contributed by atoms with Crippen molar-refractivity contribution in [3.63, 3.8) is 0 Å². The largest absolute Gasteiger partial charge is 0.322 e. The van der Waals surface area contributed by atoms with Gasteiger partial charge in [0.15, 0.2) is 10.1 Å². The van der Waals surface area contributed by atoms with E-state index in [1.165, 1.54) is 18.0 Å². The van der Waals surface area contributed by atoms with Crippen LogP contribution >= 0.6 is 23.1 Å². The lowest BCUT2D eigenvalue weighted by molar-refractivity contribution is 0.102. The molecule has 0 saturated heterocycles. The van der Waals surface area contributed by atoms with E-state index in [-0.39, 0.29) is 11.1 Å². The third-order valence-corrected chi connectivity index (χ3v) is 6.07. The number of nitrogens with one attached hydrogen (secondary N) is 1. The summed E-state index contributed by atoms with van der Waals surface area (Å²) in [5, 5.41) is 5.42. The first kappa shape index (κ1) is 16.3. The summed E-state index contributed by atoms with van der Waals surface area (Å²) in [5.41, 5.74) is 2.21. The number of hydrogen-bond donors (Lipinski definition) is 1. The summed E-state index contributed by atoms with van der Waals surface area (Å²) in [4.78, 5) is 34.6. The first-order chi connectivity index (χ1) is 13.2. The Balaban J connectivity index is 1.37. The molecule has 9 heteroatoms. The average Bonchev–Trinajstić information content (AvgIpc) is 3.38. The number of thioether (sulfide) groups is 1. The van der Waals surface area contributed by atoms with Crippen molar-refractivity contribution >= 4 is 39.7 Å². The summed E-state index contributed by atoms with van der Waals surface area (Å²) in [5.74, 6) is 0.357. The Morgan fingerprint density at radius 3 is 2.89 bits per heavy atom. The Hall–Kier alpha value is -2.91. The zero-order valence-corrected chi connectivity index (χ0v) is 15.6. The maximum atomic E-state index is 12.5. The molecular weight excluding hydrogens is 382 g/mol. The van der Waals surface area contributed by atoms with Gasteiger partial charge in [-0.3, -0.25) is 18.6 Å². The van der Waals surface area contributed by atoms with Gasteiger partial charge in [-0.2, -0.15) is 0 Å². The van der Waals surface area contributed by atoms with E-state index in [4.69, 9.17) is 0 Å². The number of rotatable bonds is 3. The number of nitrogens with zero attached hydrogens (tertiary/aromatic N) is 4. The molecule has 0 radical (unpaired) electrons. The summed E-state index contributed by atoms with van der Waals surface area (Å²) in [7, 11) is 0. The van der Waals surface area contributed by atoms with Gasteiger partial charge in [0.05, 0.1) is 5.69 Å². The normalized spacial score (nSPS) is 13.0. The van der Waals surface area contributed by atoms with E-state index in [1.54, 1.807) is 28.0 Å². The van der Waals surface area contributed by atoms with Crippen molar-refractivity contribution in [3.8, 4) is 11.3 Å². The molecule has 1 N–H and O–H groups in total. The highest BCUT2D eigenvalue weighted by Gasteiger charge is 2.20. The number of hydrogen-bond acceptors (Lipinski definition) is 6. The average molecular weight is 395 g/mol. The second-order valence-electron chi connectivity index (χ2n) is 6.01. The molecule has 1 aromatic carbocycles. The molecule has 7 nitrogen and oxygen atoms in total. The quantitative estimate of drug-likeness (QED) is 0.540. The molecule has 4 heterocycles. The molecule has 1 amide bonds. The molecule has 0 aliphatic carbocycles. The molecule has 0 atom stereocenters. The van der Waals surface area contributed by atoms with Crippen LogP contribution in [0.15, 0.2) is 58.2 Å². The van der Waals surface area contributed by atoms with Gasteiger partial charge in [0.1, 0.15) is 5.56 Å². The lowest BCUT2D eigenvalue weighted by Gasteiger charge is -2.07. The standard InChI is InChI=1S/C18H13N5O2S2/c24-15(13-9-19-17-23(16(13)25)6-8-26-17)20-12-3-1-11(2-4-12)14-10-22-5-7-27-18(22)21-14/h1-5,7,9-10H,6,8H2,(H,20,24). The van der Waals surface area contributed by atoms with Crippen molar-refractivity contribution in [2.45, 2.75) is 11.7 Å². The van der Waals surface area contributed by atoms with E-state index in [0.717, 1.165) is 22.0 Å². The van der Waals surface area contributed by atoms with Crippen LogP contribution in [0.1, 0.15) is 10.4 Å². The second kappa shape index (κ2) is 6.36. The lowest BCUT2D eigenvalue weighted by atomic mass is 10.1. The van der Waals surface area contributed by atoms with Gasteiger partial charge in [-0.05, 0) is 12.1 Å². The van der Waals surface area contributed by atoms with Crippen LogP contribution < -0.4 is 10.9 Å². The molecule has 0 bridgehead atoms. The number of carbonyl (C=O) groups is 1. The highest BCUT2D eigenvalue weighted by molar-refractivity contribution is 7.99. The van der Waals surface area contributed by atoms with Crippen molar-refractivity contribution in [2.75, 3.05) is 11.1 Å². The summed E-state index contributed by atoms with van der Waals surface area (Å²) in [6, 6.07) is 7.39. The molecular formula is C18H13N5O2S2. The molecule has 3 aromatic heterocycles. The van der Waals surface area contributed by atoms with Crippen LogP contribution in [-0.4, -0.2) is 30.6 Å². The Kier molecular flexibility index (Phi) is 3.83. The minimum Gasteiger partial charge on any atom is -0.322 e. The topological polar surface area (TPSA) is 81.3 Å². The maximum Gasteiger partial charge on any atom is 0.267 e. The summed E-state index contributed by atoms with van der Waals surface area (Å²) < 4.78 is 3.52. The van der Waals surface area contributed by atoms with Gasteiger partial charge in [0.25, 0.3) is 11.5 Å². The van der Waals surface area contributed by atoms with Crippen LogP contribution in [0.2, 0.25) is 0 Å². The summed E-state index contributed by atoms with van der Waals surface area (Å²) in [6.07, 6.45) is 5.29. The monoisotopic (exact) mass is 395 g/mol. The van der Waals surface area contributed by atoms with Gasteiger partial charge in [-0.1, -0.05) is 23.9 Å². The fourth-order valence-electron chi connectivity index (χ4n) is 2.96. The third-order valence-electron chi connectivity index (χ3n) is 4.33. The summed E-state index contributed by atoms with van der Waals surface area (Å²) in [6.45, 7) is 0.587. The lowest BCUT2D eigenvalue weighted by Crippen LogP contribution is -2.29. The van der Waals surface area contributed by atoms with Gasteiger partial charge in [-0.15, -0.1) is 11.3 Å². The molecule has 134 valence electrons. The van der Waals surface area contributed by atoms with E-state index in [9.17, 15) is 9.59 Å². The minimum atomic E-state index is -0.449. The number of imidazole rings is 1. The van der Waals surface area contributed by atoms with E-state index < -0.39 is 5.91 Å². The molecule has 5 rings (SSSR count). The maximum absolute atomic E-state index is 12.5. The molecule has 0 fully saturated rings. The van der Waals surface area contributed by atoms with Crippen LogP contribution in [0, 0.1) is 0 Å². The Morgan fingerprint density at radius 2 is 2.07 bits per heavy atom. The van der Waals surface area contributed by atoms with Gasteiger partial charge in [-0.25, -0.2) is 9.97 Å².